The van der Waals surface area contributed by atoms with Gasteiger partial charge in [0, 0.05) is 31.2 Å². The molecule has 1 atom stereocenters. The number of hydrogen-bond acceptors (Lipinski definition) is 3. The molecule has 0 amide bonds. The fourth-order valence-corrected chi connectivity index (χ4v) is 2.66. The van der Waals surface area contributed by atoms with Crippen LogP contribution in [0.15, 0.2) is 22.7 Å². The molecule has 0 saturated heterocycles. The molecule has 1 heterocycles. The van der Waals surface area contributed by atoms with E-state index in [1.165, 1.54) is 11.4 Å². The Morgan fingerprint density at radius 1 is 1.38 bits per heavy atom. The third-order valence-corrected chi connectivity index (χ3v) is 3.75. The first-order valence-electron chi connectivity index (χ1n) is 5.57. The molecule has 88 valence electrons. The quantitative estimate of drug-likeness (QED) is 0.902. The van der Waals surface area contributed by atoms with E-state index in [0.717, 1.165) is 24.0 Å². The Hall–Kier alpha value is -0.740. The molecule has 1 aliphatic heterocycles. The van der Waals surface area contributed by atoms with Crippen LogP contribution in [-0.2, 0) is 0 Å². The number of anilines is 2. The van der Waals surface area contributed by atoms with Crippen molar-refractivity contribution in [2.75, 3.05) is 37.0 Å². The molecule has 3 nitrogen and oxygen atoms in total. The highest BCUT2D eigenvalue weighted by Gasteiger charge is 2.25. The standard InChI is InChI=1S/C12H18BrN3/c1-15-8-10(5-6-14)16(2)11-4-3-9(13)7-12(11)15/h3-4,7,10H,5-6,8,14H2,1-2H3. The summed E-state index contributed by atoms with van der Waals surface area (Å²) in [7, 11) is 4.29. The summed E-state index contributed by atoms with van der Waals surface area (Å²) >= 11 is 3.52. The number of halogens is 1. The number of benzene rings is 1. The Bertz CT molecular complexity index is 381. The second kappa shape index (κ2) is 4.63. The van der Waals surface area contributed by atoms with Gasteiger partial charge in [0.15, 0.2) is 0 Å². The van der Waals surface area contributed by atoms with Gasteiger partial charge >= 0.3 is 0 Å². The van der Waals surface area contributed by atoms with Gasteiger partial charge < -0.3 is 15.5 Å². The minimum atomic E-state index is 0.517. The minimum Gasteiger partial charge on any atom is -0.371 e. The van der Waals surface area contributed by atoms with Gasteiger partial charge in [0.1, 0.15) is 0 Å². The first-order chi connectivity index (χ1) is 7.63. The molecular weight excluding hydrogens is 266 g/mol. The van der Waals surface area contributed by atoms with E-state index in [1.807, 2.05) is 0 Å². The van der Waals surface area contributed by atoms with Gasteiger partial charge in [-0.2, -0.15) is 0 Å². The summed E-state index contributed by atoms with van der Waals surface area (Å²) < 4.78 is 1.13. The summed E-state index contributed by atoms with van der Waals surface area (Å²) in [5.41, 5.74) is 8.23. The van der Waals surface area contributed by atoms with Crippen molar-refractivity contribution in [3.05, 3.63) is 22.7 Å². The van der Waals surface area contributed by atoms with Crippen molar-refractivity contribution >= 4 is 27.3 Å². The molecule has 0 saturated carbocycles. The number of nitrogens with zero attached hydrogens (tertiary/aromatic N) is 2. The zero-order valence-corrected chi connectivity index (χ0v) is 11.4. The topological polar surface area (TPSA) is 32.5 Å². The summed E-state index contributed by atoms with van der Waals surface area (Å²) in [5.74, 6) is 0. The van der Waals surface area contributed by atoms with Crippen LogP contribution < -0.4 is 15.5 Å². The van der Waals surface area contributed by atoms with Crippen LogP contribution in [0, 0.1) is 0 Å². The van der Waals surface area contributed by atoms with Gasteiger partial charge in [-0.3, -0.25) is 0 Å². The van der Waals surface area contributed by atoms with Gasteiger partial charge in [0.2, 0.25) is 0 Å². The normalized spacial score (nSPS) is 19.9. The highest BCUT2D eigenvalue weighted by Crippen LogP contribution is 2.36. The number of nitrogens with two attached hydrogens (primary N) is 1. The number of rotatable bonds is 2. The Morgan fingerprint density at radius 2 is 2.12 bits per heavy atom. The third-order valence-electron chi connectivity index (χ3n) is 3.26. The van der Waals surface area contributed by atoms with E-state index in [9.17, 15) is 0 Å². The van der Waals surface area contributed by atoms with Crippen LogP contribution in [0.3, 0.4) is 0 Å². The number of likely N-dealkylation sites (N-methyl/N-ethyl adjacent to an activating group) is 2. The number of hydrogen-bond donors (Lipinski definition) is 1. The highest BCUT2D eigenvalue weighted by molar-refractivity contribution is 9.10. The lowest BCUT2D eigenvalue weighted by atomic mass is 10.1. The molecule has 1 aromatic rings. The van der Waals surface area contributed by atoms with Crippen molar-refractivity contribution < 1.29 is 0 Å². The number of fused-ring (bicyclic) bond motifs is 1. The van der Waals surface area contributed by atoms with E-state index < -0.39 is 0 Å². The van der Waals surface area contributed by atoms with Crippen molar-refractivity contribution in [2.24, 2.45) is 5.73 Å². The van der Waals surface area contributed by atoms with Gasteiger partial charge in [-0.1, -0.05) is 15.9 Å². The van der Waals surface area contributed by atoms with Crippen LogP contribution in [0.1, 0.15) is 6.42 Å². The SMILES string of the molecule is CN1CC(CCN)N(C)c2ccc(Br)cc21. The monoisotopic (exact) mass is 283 g/mol. The molecular formula is C12H18BrN3. The second-order valence-corrected chi connectivity index (χ2v) is 5.27. The molecule has 1 aromatic carbocycles. The van der Waals surface area contributed by atoms with E-state index in [0.29, 0.717) is 6.04 Å². The van der Waals surface area contributed by atoms with Gasteiger partial charge in [0.25, 0.3) is 0 Å². The lowest BCUT2D eigenvalue weighted by Gasteiger charge is -2.41. The van der Waals surface area contributed by atoms with Crippen molar-refractivity contribution in [1.29, 1.82) is 0 Å². The van der Waals surface area contributed by atoms with Gasteiger partial charge in [-0.05, 0) is 31.2 Å². The van der Waals surface area contributed by atoms with Crippen LogP contribution in [-0.4, -0.2) is 33.2 Å². The van der Waals surface area contributed by atoms with E-state index >= 15 is 0 Å². The maximum atomic E-state index is 5.66. The molecule has 0 fully saturated rings. The second-order valence-electron chi connectivity index (χ2n) is 4.36. The van der Waals surface area contributed by atoms with Crippen LogP contribution in [0.5, 0.6) is 0 Å². The smallest absolute Gasteiger partial charge is 0.0613 e. The summed E-state index contributed by atoms with van der Waals surface area (Å²) in [5, 5.41) is 0. The zero-order valence-electron chi connectivity index (χ0n) is 9.78. The summed E-state index contributed by atoms with van der Waals surface area (Å²) in [4.78, 5) is 4.65. The minimum absolute atomic E-state index is 0.517. The third kappa shape index (κ3) is 2.04. The Morgan fingerprint density at radius 3 is 2.81 bits per heavy atom. The van der Waals surface area contributed by atoms with Crippen LogP contribution in [0.4, 0.5) is 11.4 Å². The lowest BCUT2D eigenvalue weighted by molar-refractivity contribution is 0.567. The Balaban J connectivity index is 2.35. The highest BCUT2D eigenvalue weighted by atomic mass is 79.9. The average Bonchev–Trinajstić information content (AvgIpc) is 2.26. The largest absolute Gasteiger partial charge is 0.371 e. The predicted octanol–water partition coefficient (Wildman–Crippen LogP) is 2.05. The molecule has 4 heteroatoms. The Labute approximate surface area is 105 Å². The fraction of sp³-hybridized carbons (Fsp3) is 0.500. The first-order valence-corrected chi connectivity index (χ1v) is 6.36. The van der Waals surface area contributed by atoms with Gasteiger partial charge in [-0.25, -0.2) is 0 Å². The lowest BCUT2D eigenvalue weighted by Crippen LogP contribution is -2.46. The summed E-state index contributed by atoms with van der Waals surface area (Å²) in [6.07, 6.45) is 1.04. The molecule has 0 bridgehead atoms. The molecule has 0 radical (unpaired) electrons. The molecule has 16 heavy (non-hydrogen) atoms. The van der Waals surface area contributed by atoms with Crippen molar-refractivity contribution in [3.8, 4) is 0 Å². The van der Waals surface area contributed by atoms with E-state index in [-0.39, 0.29) is 0 Å². The average molecular weight is 284 g/mol. The summed E-state index contributed by atoms with van der Waals surface area (Å²) in [6.45, 7) is 1.78. The predicted molar refractivity (Wildman–Crippen MR) is 73.3 cm³/mol. The van der Waals surface area contributed by atoms with E-state index in [4.69, 9.17) is 5.73 Å². The van der Waals surface area contributed by atoms with Crippen LogP contribution >= 0.6 is 15.9 Å². The zero-order chi connectivity index (χ0) is 11.7. The fourth-order valence-electron chi connectivity index (χ4n) is 2.31. The first kappa shape index (κ1) is 11.7. The molecule has 2 rings (SSSR count). The molecule has 2 N–H and O–H groups in total. The van der Waals surface area contributed by atoms with Crippen LogP contribution in [0.2, 0.25) is 0 Å². The van der Waals surface area contributed by atoms with Crippen LogP contribution in [0.25, 0.3) is 0 Å². The molecule has 0 aliphatic carbocycles. The molecule has 1 aliphatic rings. The molecule has 1 unspecified atom stereocenters. The van der Waals surface area contributed by atoms with Gasteiger partial charge in [0.05, 0.1) is 11.4 Å². The van der Waals surface area contributed by atoms with Crippen molar-refractivity contribution in [2.45, 2.75) is 12.5 Å². The molecule has 0 aromatic heterocycles. The van der Waals surface area contributed by atoms with Crippen molar-refractivity contribution in [3.63, 3.8) is 0 Å². The molecule has 0 spiro atoms. The Kier molecular flexibility index (Phi) is 3.40. The van der Waals surface area contributed by atoms with E-state index in [1.54, 1.807) is 0 Å². The van der Waals surface area contributed by atoms with E-state index in [2.05, 4.69) is 58.0 Å². The summed E-state index contributed by atoms with van der Waals surface area (Å²) in [6, 6.07) is 6.94. The van der Waals surface area contributed by atoms with Gasteiger partial charge in [-0.15, -0.1) is 0 Å². The maximum absolute atomic E-state index is 5.66. The van der Waals surface area contributed by atoms with Crippen molar-refractivity contribution in [1.82, 2.24) is 0 Å². The maximum Gasteiger partial charge on any atom is 0.0613 e.